The van der Waals surface area contributed by atoms with Gasteiger partial charge >= 0.3 is 5.97 Å². The molecule has 0 unspecified atom stereocenters. The van der Waals surface area contributed by atoms with Crippen LogP contribution in [0.4, 0.5) is 27.0 Å². The van der Waals surface area contributed by atoms with Crippen molar-refractivity contribution in [2.75, 3.05) is 17.7 Å². The number of aliphatic carboxylic acids is 1. The van der Waals surface area contributed by atoms with Crippen LogP contribution in [-0.2, 0) is 17.6 Å². The van der Waals surface area contributed by atoms with E-state index in [1.807, 2.05) is 42.5 Å². The lowest BCUT2D eigenvalue weighted by atomic mass is 10.1. The smallest absolute Gasteiger partial charge is 0.307 e. The summed E-state index contributed by atoms with van der Waals surface area (Å²) < 4.78 is 19.9. The number of carboxylic acids is 1. The minimum Gasteiger partial charge on any atom is -0.481 e. The van der Waals surface area contributed by atoms with Crippen LogP contribution in [0.2, 0.25) is 0 Å². The van der Waals surface area contributed by atoms with Crippen LogP contribution >= 0.6 is 11.3 Å². The number of rotatable bonds is 9. The van der Waals surface area contributed by atoms with Crippen molar-refractivity contribution in [3.05, 3.63) is 89.4 Å². The van der Waals surface area contributed by atoms with Crippen LogP contribution < -0.4 is 15.4 Å². The van der Waals surface area contributed by atoms with Crippen LogP contribution in [0.1, 0.15) is 16.8 Å². The average molecular weight is 517 g/mol. The summed E-state index contributed by atoms with van der Waals surface area (Å²) in [7, 11) is 1.56. The third kappa shape index (κ3) is 5.96. The lowest BCUT2D eigenvalue weighted by Gasteiger charge is -2.11. The Balaban J connectivity index is 1.46. The molecule has 3 aromatic heterocycles. The van der Waals surface area contributed by atoms with Crippen molar-refractivity contribution in [2.45, 2.75) is 12.8 Å². The molecule has 5 aromatic rings. The van der Waals surface area contributed by atoms with Crippen LogP contribution in [0.5, 0.6) is 5.88 Å². The van der Waals surface area contributed by atoms with Gasteiger partial charge in [-0.3, -0.25) is 4.79 Å². The molecule has 0 saturated carbocycles. The van der Waals surface area contributed by atoms with E-state index < -0.39 is 11.8 Å². The molecule has 9 nitrogen and oxygen atoms in total. The summed E-state index contributed by atoms with van der Waals surface area (Å²) in [5.74, 6) is -0.482. The van der Waals surface area contributed by atoms with E-state index >= 15 is 0 Å². The number of methoxy groups -OCH3 is 1. The van der Waals surface area contributed by atoms with Gasteiger partial charge in [-0.05, 0) is 29.3 Å². The largest absolute Gasteiger partial charge is 0.481 e. The Labute approximate surface area is 215 Å². The maximum atomic E-state index is 14.7. The molecule has 2 aromatic carbocycles. The Kier molecular flexibility index (Phi) is 6.86. The molecule has 3 N–H and O–H groups in total. The average Bonchev–Trinajstić information content (AvgIpc) is 3.27. The number of nitrogens with one attached hydrogen (secondary N) is 2. The lowest BCUT2D eigenvalue weighted by molar-refractivity contribution is -0.136. The number of nitrogens with zero attached hydrogens (tertiary/aromatic N) is 4. The number of pyridine rings is 1. The minimum atomic E-state index is -1.03. The molecule has 11 heteroatoms. The lowest BCUT2D eigenvalue weighted by Crippen LogP contribution is -2.06. The van der Waals surface area contributed by atoms with E-state index in [2.05, 4.69) is 30.6 Å². The molecular formula is C26H21FN6O3S. The molecule has 0 amide bonds. The molecule has 0 saturated heterocycles. The number of ether oxygens (including phenoxy) is 1. The third-order valence-corrected chi connectivity index (χ3v) is 6.20. The van der Waals surface area contributed by atoms with Crippen LogP contribution in [0.15, 0.2) is 66.7 Å². The zero-order valence-corrected chi connectivity index (χ0v) is 20.4. The van der Waals surface area contributed by atoms with E-state index in [0.717, 1.165) is 5.56 Å². The van der Waals surface area contributed by atoms with Gasteiger partial charge in [-0.2, -0.15) is 4.98 Å². The van der Waals surface area contributed by atoms with Crippen LogP contribution in [-0.4, -0.2) is 38.1 Å². The predicted molar refractivity (Wildman–Crippen MR) is 140 cm³/mol. The summed E-state index contributed by atoms with van der Waals surface area (Å²) >= 11 is 1.35. The molecule has 0 aliphatic heterocycles. The summed E-state index contributed by atoms with van der Waals surface area (Å²) in [5.41, 5.74) is 2.97. The van der Waals surface area contributed by atoms with E-state index in [-0.39, 0.29) is 18.1 Å². The van der Waals surface area contributed by atoms with Gasteiger partial charge in [0.15, 0.2) is 5.13 Å². The number of carboxylic acid groups (broad SMARTS) is 1. The number of thiazole rings is 1. The van der Waals surface area contributed by atoms with E-state index in [4.69, 9.17) is 9.84 Å². The van der Waals surface area contributed by atoms with E-state index in [1.54, 1.807) is 19.2 Å². The first-order chi connectivity index (χ1) is 17.9. The summed E-state index contributed by atoms with van der Waals surface area (Å²) in [6.45, 7) is 0. The number of fused-ring (bicyclic) bond motifs is 1. The highest BCUT2D eigenvalue weighted by atomic mass is 32.1. The van der Waals surface area contributed by atoms with Gasteiger partial charge in [-0.25, -0.2) is 19.3 Å². The number of hydrogen-bond donors (Lipinski definition) is 3. The SMILES string of the molecule is COc1ccc2nc(Nc3cc(Cc4ccccc4)nc(Nc4ccc(CC(=O)O)cc4F)n3)sc2n1. The molecule has 0 spiro atoms. The molecule has 0 bridgehead atoms. The maximum absolute atomic E-state index is 14.7. The molecule has 0 radical (unpaired) electrons. The van der Waals surface area contributed by atoms with Crippen molar-refractivity contribution in [1.82, 2.24) is 19.9 Å². The molecule has 0 atom stereocenters. The van der Waals surface area contributed by atoms with Gasteiger partial charge in [0.2, 0.25) is 11.8 Å². The molecule has 186 valence electrons. The maximum Gasteiger partial charge on any atom is 0.307 e. The fourth-order valence-electron chi connectivity index (χ4n) is 3.65. The van der Waals surface area contributed by atoms with E-state index in [0.29, 0.717) is 44.9 Å². The second-order valence-corrected chi connectivity index (χ2v) is 9.04. The highest BCUT2D eigenvalue weighted by Gasteiger charge is 2.13. The fraction of sp³-hybridized carbons (Fsp3) is 0.115. The number of halogens is 1. The van der Waals surface area contributed by atoms with Gasteiger partial charge < -0.3 is 20.5 Å². The molecule has 37 heavy (non-hydrogen) atoms. The number of hydrogen-bond acceptors (Lipinski definition) is 9. The zero-order chi connectivity index (χ0) is 25.8. The number of anilines is 4. The predicted octanol–water partition coefficient (Wildman–Crippen LogP) is 5.33. The first-order valence-corrected chi connectivity index (χ1v) is 12.0. The van der Waals surface area contributed by atoms with E-state index in [1.165, 1.54) is 23.5 Å². The standard InChI is InChI=1S/C26H21FN6O3S/c1-36-22-10-9-20-24(33-22)37-26(30-20)32-21-14-17(11-15-5-3-2-4-6-15)28-25(31-21)29-19-8-7-16(12-18(19)27)13-23(34)35/h2-10,12,14H,11,13H2,1H3,(H,34,35)(H2,28,29,30,31,32). The first kappa shape index (κ1) is 24.1. The van der Waals surface area contributed by atoms with Crippen molar-refractivity contribution >= 4 is 50.2 Å². The molecule has 5 rings (SSSR count). The molecule has 0 aliphatic carbocycles. The second kappa shape index (κ2) is 10.5. The Morgan fingerprint density at radius 2 is 1.81 bits per heavy atom. The highest BCUT2D eigenvalue weighted by Crippen LogP contribution is 2.29. The summed E-state index contributed by atoms with van der Waals surface area (Å²) in [6.07, 6.45) is 0.266. The van der Waals surface area contributed by atoms with Crippen molar-refractivity contribution in [2.24, 2.45) is 0 Å². The van der Waals surface area contributed by atoms with Crippen molar-refractivity contribution in [3.8, 4) is 5.88 Å². The minimum absolute atomic E-state index is 0.133. The molecular weight excluding hydrogens is 495 g/mol. The number of benzene rings is 2. The molecule has 3 heterocycles. The van der Waals surface area contributed by atoms with Crippen molar-refractivity contribution in [3.63, 3.8) is 0 Å². The van der Waals surface area contributed by atoms with Crippen LogP contribution in [0, 0.1) is 5.82 Å². The Morgan fingerprint density at radius 1 is 0.973 bits per heavy atom. The summed E-state index contributed by atoms with van der Waals surface area (Å²) in [4.78, 5) is 29.7. The van der Waals surface area contributed by atoms with Gasteiger partial charge in [0.05, 0.1) is 24.9 Å². The summed E-state index contributed by atoms with van der Waals surface area (Å²) in [5, 5.41) is 15.7. The fourth-order valence-corrected chi connectivity index (χ4v) is 4.49. The van der Waals surface area contributed by atoms with Crippen molar-refractivity contribution < 1.29 is 19.0 Å². The van der Waals surface area contributed by atoms with Crippen molar-refractivity contribution in [1.29, 1.82) is 0 Å². The third-order valence-electron chi connectivity index (χ3n) is 5.32. The first-order valence-electron chi connectivity index (χ1n) is 11.2. The Bertz CT molecular complexity index is 1580. The van der Waals surface area contributed by atoms with Crippen LogP contribution in [0.25, 0.3) is 10.3 Å². The molecule has 0 fully saturated rings. The quantitative estimate of drug-likeness (QED) is 0.238. The number of carbonyl (C=O) groups is 1. The molecule has 0 aliphatic rings. The number of aromatic nitrogens is 4. The summed E-state index contributed by atoms with van der Waals surface area (Å²) in [6, 6.07) is 19.4. The Morgan fingerprint density at radius 3 is 2.57 bits per heavy atom. The normalized spacial score (nSPS) is 10.9. The second-order valence-electron chi connectivity index (χ2n) is 8.06. The van der Waals surface area contributed by atoms with Gasteiger partial charge in [0.25, 0.3) is 0 Å². The topological polar surface area (TPSA) is 122 Å². The Hall–Kier alpha value is -4.64. The van der Waals surface area contributed by atoms with Gasteiger partial charge in [0.1, 0.15) is 22.0 Å². The van der Waals surface area contributed by atoms with Gasteiger partial charge in [-0.15, -0.1) is 0 Å². The monoisotopic (exact) mass is 516 g/mol. The van der Waals surface area contributed by atoms with Crippen LogP contribution in [0.3, 0.4) is 0 Å². The highest BCUT2D eigenvalue weighted by molar-refractivity contribution is 7.21. The van der Waals surface area contributed by atoms with Gasteiger partial charge in [-0.1, -0.05) is 47.7 Å². The van der Waals surface area contributed by atoms with Gasteiger partial charge in [0, 0.05) is 18.6 Å². The zero-order valence-electron chi connectivity index (χ0n) is 19.6. The van der Waals surface area contributed by atoms with E-state index in [9.17, 15) is 9.18 Å².